The first-order valence-corrected chi connectivity index (χ1v) is 47.1. The van der Waals surface area contributed by atoms with Gasteiger partial charge in [-0.1, -0.05) is 198 Å². The van der Waals surface area contributed by atoms with Crippen LogP contribution in [0.3, 0.4) is 0 Å². The molecule has 6 amide bonds. The van der Waals surface area contributed by atoms with Gasteiger partial charge in [0.25, 0.3) is 17.7 Å². The van der Waals surface area contributed by atoms with Crippen molar-refractivity contribution in [3.8, 4) is 0 Å². The molecule has 10 N–H and O–H groups in total. The third-order valence-corrected chi connectivity index (χ3v) is 26.3. The number of nitrogens with one attached hydrogen (secondary N) is 7. The van der Waals surface area contributed by atoms with Crippen LogP contribution in [-0.4, -0.2) is 224 Å². The van der Waals surface area contributed by atoms with Gasteiger partial charge in [0, 0.05) is 141 Å². The molecular weight excluding hydrogens is 1630 g/mol. The number of carbonyl (C=O) groups is 7. The number of piperidine rings is 2. The summed E-state index contributed by atoms with van der Waals surface area (Å²) in [5.41, 5.74) is 11.6. The fraction of sp³-hybridized carbons (Fsp3) is 0.456. The Labute approximate surface area is 760 Å². The first-order valence-electron chi connectivity index (χ1n) is 46.3. The van der Waals surface area contributed by atoms with Crippen molar-refractivity contribution in [3.05, 3.63) is 249 Å². The summed E-state index contributed by atoms with van der Waals surface area (Å²) in [5.74, 6) is 0.732. The lowest BCUT2D eigenvalue weighted by molar-refractivity contribution is -0.134. The second kappa shape index (κ2) is 48.2. The lowest BCUT2D eigenvalue weighted by atomic mass is 9.90. The van der Waals surface area contributed by atoms with Crippen LogP contribution in [0, 0.1) is 11.8 Å². The summed E-state index contributed by atoms with van der Waals surface area (Å²) in [5, 5.41) is 39.4. The number of carboxylic acid groups (broad SMARTS) is 1. The Morgan fingerprint density at radius 2 is 0.803 bits per heavy atom. The highest BCUT2D eigenvalue weighted by Gasteiger charge is 2.37. The molecule has 0 spiro atoms. The molecule has 5 heterocycles. The number of aromatic carboxylic acids is 1. The van der Waals surface area contributed by atoms with Gasteiger partial charge in [-0.3, -0.25) is 33.8 Å². The highest BCUT2D eigenvalue weighted by Crippen LogP contribution is 2.31. The number of rotatable bonds is 32. The second-order valence-electron chi connectivity index (χ2n) is 35.6. The highest BCUT2D eigenvalue weighted by atomic mass is 35.5. The van der Waals surface area contributed by atoms with Crippen molar-refractivity contribution in [1.29, 1.82) is 0 Å². The number of fused-ring (bicyclic) bond motifs is 3. The summed E-state index contributed by atoms with van der Waals surface area (Å²) in [6.07, 6.45) is 13.8. The molecule has 14 rings (SSSR count). The van der Waals surface area contributed by atoms with Gasteiger partial charge in [0.15, 0.2) is 5.96 Å². The topological polar surface area (TPSA) is 279 Å². The van der Waals surface area contributed by atoms with E-state index in [4.69, 9.17) is 28.9 Å². The van der Waals surface area contributed by atoms with E-state index in [1.807, 2.05) is 127 Å². The van der Waals surface area contributed by atoms with Crippen LogP contribution >= 0.6 is 23.2 Å². The lowest BCUT2D eigenvalue weighted by Crippen LogP contribution is -2.50. The molecule has 0 aromatic heterocycles. The minimum atomic E-state index is -0.980. The van der Waals surface area contributed by atoms with Gasteiger partial charge in [-0.15, -0.1) is 0 Å². The standard InChI is InChI=1S/C39H44N4O4.C33H43ClN6O2.C31H45ClN4O2/c44-37(32-16-14-31-25-33(39(46)47)17-15-30(31)24-32)40-26-34-18-23-43(38(45)36(41-34)19-22-42-20-8-3-9-21-42)27-35(28-10-4-1-5-11-28)29-12-6-2-7-13-29;1-4-23(24-8-6-5-7-9-24)21-40-17-15-29(39-30(32(40)42)14-16-36-33(35)38-22(2)3)20-37-31(41)27-11-10-26-19-28(34)13-12-25(26)18-27;1-4-23(22(2)3)21-36-17-12-28(34-29(31(36)38)13-16-35-14-6-5-7-15-35)20-33-30(37)26-9-8-25-19-27(32)11-10-24(25)18-26/h1-2,4-7,10-17,24-25,34-36,41H,3,8-9,18-23,26-27H2,(H,40,44)(H,46,47);5-13,18-19,22-23,29-30,39H,4,14-17,20-21H2,1-3H3,(H,37,41)(H3,35,36,38);8-11,18-19,22-23,28-29,34H,4-7,12-17,20-21H2,1-3H3,(H,33,37)/t34-,36-;23-,29+,30+;23-,28+,29+/m011/s1. The van der Waals surface area contributed by atoms with Crippen LogP contribution in [0.5, 0.6) is 0 Å². The molecule has 5 aliphatic heterocycles. The quantitative estimate of drug-likeness (QED) is 0.0140. The van der Waals surface area contributed by atoms with Crippen LogP contribution in [0.25, 0.3) is 32.3 Å². The van der Waals surface area contributed by atoms with Crippen molar-refractivity contribution in [3.63, 3.8) is 0 Å². The maximum Gasteiger partial charge on any atom is 0.335 e. The van der Waals surface area contributed by atoms with Gasteiger partial charge in [0.05, 0.1) is 23.7 Å². The summed E-state index contributed by atoms with van der Waals surface area (Å²) in [6, 6.07) is 63.1. The molecule has 5 fully saturated rings. The van der Waals surface area contributed by atoms with E-state index in [2.05, 4.69) is 145 Å². The fourth-order valence-electron chi connectivity index (χ4n) is 18.3. The third-order valence-electron chi connectivity index (χ3n) is 25.8. The number of carbonyl (C=O) groups excluding carboxylic acids is 6. The van der Waals surface area contributed by atoms with Gasteiger partial charge in [0.2, 0.25) is 17.7 Å². The maximum atomic E-state index is 14.2. The van der Waals surface area contributed by atoms with Gasteiger partial charge in [-0.05, 0) is 244 Å². The Morgan fingerprint density at radius 1 is 0.441 bits per heavy atom. The molecule has 9 aromatic carbocycles. The van der Waals surface area contributed by atoms with E-state index < -0.39 is 12.0 Å². The molecule has 9 aromatic rings. The molecule has 24 heteroatoms. The third kappa shape index (κ3) is 28.3. The highest BCUT2D eigenvalue weighted by molar-refractivity contribution is 6.31. The van der Waals surface area contributed by atoms with Crippen LogP contribution in [0.1, 0.15) is 201 Å². The molecule has 127 heavy (non-hydrogen) atoms. The van der Waals surface area contributed by atoms with Gasteiger partial charge in [-0.2, -0.15) is 0 Å². The molecular formula is C103H132Cl2N14O8. The first kappa shape index (κ1) is 95.8. The van der Waals surface area contributed by atoms with Gasteiger partial charge < -0.3 is 72.6 Å². The Balaban J connectivity index is 0.000000174. The smallest absolute Gasteiger partial charge is 0.335 e. The fourth-order valence-corrected chi connectivity index (χ4v) is 18.6. The second-order valence-corrected chi connectivity index (χ2v) is 36.5. The minimum Gasteiger partial charge on any atom is -0.478 e. The van der Waals surface area contributed by atoms with Gasteiger partial charge in [-0.25, -0.2) is 4.79 Å². The summed E-state index contributed by atoms with van der Waals surface area (Å²) in [6.45, 7) is 24.9. The number of likely N-dealkylation sites (tertiary alicyclic amines) is 2. The summed E-state index contributed by atoms with van der Waals surface area (Å²) >= 11 is 12.2. The summed E-state index contributed by atoms with van der Waals surface area (Å²) < 4.78 is 0. The minimum absolute atomic E-state index is 0.0534. The van der Waals surface area contributed by atoms with Crippen LogP contribution in [0.15, 0.2) is 205 Å². The number of hydrogen-bond donors (Lipinski definition) is 9. The number of nitrogens with zero attached hydrogens (tertiary/aromatic N) is 6. The van der Waals surface area contributed by atoms with Crippen molar-refractivity contribution >= 4 is 103 Å². The predicted octanol–water partition coefficient (Wildman–Crippen LogP) is 15.6. The maximum absolute atomic E-state index is 14.2. The van der Waals surface area contributed by atoms with Crippen molar-refractivity contribution in [2.75, 3.05) is 105 Å². The number of halogens is 2. The van der Waals surface area contributed by atoms with Crippen LogP contribution in [-0.2, 0) is 14.4 Å². The molecule has 5 saturated heterocycles. The zero-order valence-electron chi connectivity index (χ0n) is 74.9. The lowest BCUT2D eigenvalue weighted by Gasteiger charge is -2.31. The van der Waals surface area contributed by atoms with E-state index in [9.17, 15) is 38.7 Å². The number of carboxylic acids is 1. The normalized spacial score (nSPS) is 19.8. The number of amides is 6. The Kier molecular flexibility index (Phi) is 36.4. The number of aliphatic imine (C=N–C) groups is 1. The van der Waals surface area contributed by atoms with E-state index in [-0.39, 0.29) is 89.1 Å². The Bertz CT molecular complexity index is 5090. The summed E-state index contributed by atoms with van der Waals surface area (Å²) in [4.78, 5) is 108. The van der Waals surface area contributed by atoms with E-state index in [1.54, 1.807) is 36.4 Å². The molecule has 676 valence electrons. The SMILES string of the molecule is CC[C@H](CN1CC[C@@H](CNC(=O)c2ccc3cc(Cl)ccc3c2)N[C@@H](CCN2CCCCC2)C1=O)C(C)C.CC[C@H](CN1CC[C@@H](CNC(=O)c2ccc3cc(Cl)ccc3c2)N[C@@H](CCN=C(N)NC(C)C)C1=O)c1ccccc1.O=C(O)c1ccc2cc(C(=O)NC[C@@H]3CCN(CC(c4ccccc4)c4ccccc4)C(=O)[C@H](CCN4CCCCC4)N3)ccc2c1. The number of benzene rings is 9. The summed E-state index contributed by atoms with van der Waals surface area (Å²) in [7, 11) is 0. The average molecular weight is 1770 g/mol. The molecule has 8 atom stereocenters. The Morgan fingerprint density at radius 3 is 1.19 bits per heavy atom. The molecule has 0 unspecified atom stereocenters. The molecule has 0 aliphatic carbocycles. The number of guanidine groups is 1. The molecule has 0 bridgehead atoms. The van der Waals surface area contributed by atoms with Crippen LogP contribution in [0.2, 0.25) is 10.0 Å². The molecule has 0 saturated carbocycles. The number of nitrogens with two attached hydrogens (primary N) is 1. The largest absolute Gasteiger partial charge is 0.478 e. The average Bonchev–Trinajstić information content (AvgIpc) is 1.86. The van der Waals surface area contributed by atoms with E-state index in [0.29, 0.717) is 103 Å². The van der Waals surface area contributed by atoms with Crippen LogP contribution < -0.4 is 43.0 Å². The zero-order chi connectivity index (χ0) is 89.7. The van der Waals surface area contributed by atoms with Crippen molar-refractivity contribution < 1.29 is 38.7 Å². The van der Waals surface area contributed by atoms with Gasteiger partial charge in [0.1, 0.15) is 0 Å². The monoisotopic (exact) mass is 1760 g/mol. The van der Waals surface area contributed by atoms with E-state index >= 15 is 0 Å². The predicted molar refractivity (Wildman–Crippen MR) is 514 cm³/mol. The number of hydrogen-bond acceptors (Lipinski definition) is 13. The van der Waals surface area contributed by atoms with E-state index in [0.717, 1.165) is 130 Å². The van der Waals surface area contributed by atoms with Gasteiger partial charge >= 0.3 is 5.97 Å². The molecule has 22 nitrogen and oxygen atoms in total. The molecule has 0 radical (unpaired) electrons. The van der Waals surface area contributed by atoms with E-state index in [1.165, 1.54) is 55.2 Å². The zero-order valence-corrected chi connectivity index (χ0v) is 76.4. The van der Waals surface area contributed by atoms with Crippen molar-refractivity contribution in [1.82, 2.24) is 61.7 Å². The van der Waals surface area contributed by atoms with Crippen LogP contribution in [0.4, 0.5) is 0 Å². The molecule has 5 aliphatic rings. The Hall–Kier alpha value is -10.3. The first-order chi connectivity index (χ1) is 61.5. The van der Waals surface area contributed by atoms with Crippen molar-refractivity contribution in [2.24, 2.45) is 22.6 Å². The van der Waals surface area contributed by atoms with Crippen molar-refractivity contribution in [2.45, 2.75) is 186 Å².